The predicted octanol–water partition coefficient (Wildman–Crippen LogP) is 3.05. The molecule has 0 aromatic heterocycles. The summed E-state index contributed by atoms with van der Waals surface area (Å²) in [5, 5.41) is 3.91. The maximum absolute atomic E-state index is 5.58. The van der Waals surface area contributed by atoms with E-state index < -0.39 is 0 Å². The molecule has 2 aliphatic heterocycles. The van der Waals surface area contributed by atoms with Crippen LogP contribution in [-0.2, 0) is 4.74 Å². The third-order valence-electron chi connectivity index (χ3n) is 5.57. The fraction of sp³-hybridized carbons (Fsp3) is 1.00. The van der Waals surface area contributed by atoms with E-state index in [0.717, 1.165) is 25.7 Å². The van der Waals surface area contributed by atoms with Crippen LogP contribution in [0.4, 0.5) is 0 Å². The number of nitrogens with one attached hydrogen (secondary N) is 1. The van der Waals surface area contributed by atoms with Crippen molar-refractivity contribution in [1.29, 1.82) is 0 Å². The van der Waals surface area contributed by atoms with Crippen LogP contribution < -0.4 is 5.32 Å². The van der Waals surface area contributed by atoms with Gasteiger partial charge in [-0.1, -0.05) is 13.8 Å². The topological polar surface area (TPSA) is 24.5 Å². The van der Waals surface area contributed by atoms with Crippen molar-refractivity contribution in [1.82, 2.24) is 10.2 Å². The molecule has 1 N–H and O–H groups in total. The molecule has 0 saturated carbocycles. The second-order valence-electron chi connectivity index (χ2n) is 6.79. The van der Waals surface area contributed by atoms with E-state index in [1.165, 1.54) is 51.6 Å². The van der Waals surface area contributed by atoms with E-state index in [-0.39, 0.29) is 0 Å². The van der Waals surface area contributed by atoms with Gasteiger partial charge in [0.15, 0.2) is 0 Å². The number of nitrogens with zero attached hydrogens (tertiary/aromatic N) is 1. The lowest BCUT2D eigenvalue weighted by molar-refractivity contribution is 0.00429. The molecule has 0 radical (unpaired) electrons. The third-order valence-corrected chi connectivity index (χ3v) is 5.57. The second-order valence-corrected chi connectivity index (χ2v) is 6.79. The van der Waals surface area contributed by atoms with Crippen molar-refractivity contribution >= 4 is 0 Å². The molecule has 2 fully saturated rings. The summed E-state index contributed by atoms with van der Waals surface area (Å²) >= 11 is 0. The van der Waals surface area contributed by atoms with Gasteiger partial charge in [0.25, 0.3) is 0 Å². The zero-order valence-corrected chi connectivity index (χ0v) is 13.8. The van der Waals surface area contributed by atoms with Crippen molar-refractivity contribution in [3.8, 4) is 0 Å². The lowest BCUT2D eigenvalue weighted by Gasteiger charge is -2.49. The molecule has 0 amide bonds. The molecule has 0 aromatic carbocycles. The van der Waals surface area contributed by atoms with Gasteiger partial charge in [-0.15, -0.1) is 0 Å². The maximum atomic E-state index is 5.58. The van der Waals surface area contributed by atoms with Gasteiger partial charge in [0.05, 0.1) is 0 Å². The summed E-state index contributed by atoms with van der Waals surface area (Å²) in [6, 6.07) is 0.620. The molecule has 20 heavy (non-hydrogen) atoms. The average Bonchev–Trinajstić information content (AvgIpc) is 3.03. The highest BCUT2D eigenvalue weighted by molar-refractivity contribution is 5.01. The van der Waals surface area contributed by atoms with Crippen LogP contribution in [0.3, 0.4) is 0 Å². The van der Waals surface area contributed by atoms with Crippen LogP contribution in [0.2, 0.25) is 0 Å². The van der Waals surface area contributed by atoms with Crippen LogP contribution in [-0.4, -0.2) is 49.3 Å². The van der Waals surface area contributed by atoms with Gasteiger partial charge >= 0.3 is 0 Å². The van der Waals surface area contributed by atoms with Gasteiger partial charge in [-0.3, -0.25) is 4.90 Å². The Bertz CT molecular complexity index is 272. The summed E-state index contributed by atoms with van der Waals surface area (Å²) in [5.41, 5.74) is 0.313. The Labute approximate surface area is 125 Å². The van der Waals surface area contributed by atoms with E-state index in [1.807, 2.05) is 0 Å². The Balaban J connectivity index is 2.12. The molecule has 2 unspecified atom stereocenters. The van der Waals surface area contributed by atoms with E-state index in [2.05, 4.69) is 31.0 Å². The summed E-state index contributed by atoms with van der Waals surface area (Å²) < 4.78 is 5.58. The minimum absolute atomic E-state index is 0.313. The third kappa shape index (κ3) is 3.55. The van der Waals surface area contributed by atoms with Gasteiger partial charge in [-0.05, 0) is 71.0 Å². The minimum Gasteiger partial charge on any atom is -0.381 e. The van der Waals surface area contributed by atoms with Gasteiger partial charge < -0.3 is 10.1 Å². The van der Waals surface area contributed by atoms with Gasteiger partial charge in [0.2, 0.25) is 0 Å². The first-order valence-corrected chi connectivity index (χ1v) is 8.78. The van der Waals surface area contributed by atoms with Crippen molar-refractivity contribution in [3.05, 3.63) is 0 Å². The van der Waals surface area contributed by atoms with Crippen molar-refractivity contribution in [2.24, 2.45) is 5.92 Å². The zero-order valence-electron chi connectivity index (χ0n) is 13.8. The fourth-order valence-corrected chi connectivity index (χ4v) is 4.11. The average molecular weight is 282 g/mol. The Morgan fingerprint density at radius 2 is 1.85 bits per heavy atom. The number of rotatable bonds is 7. The summed E-state index contributed by atoms with van der Waals surface area (Å²) in [6.07, 6.45) is 7.68. The molecule has 0 spiro atoms. The summed E-state index contributed by atoms with van der Waals surface area (Å²) in [6.45, 7) is 12.8. The van der Waals surface area contributed by atoms with Gasteiger partial charge in [0.1, 0.15) is 0 Å². The Morgan fingerprint density at radius 1 is 1.20 bits per heavy atom. The highest BCUT2D eigenvalue weighted by Gasteiger charge is 2.42. The number of hydrogen-bond acceptors (Lipinski definition) is 3. The first-order chi connectivity index (χ1) is 9.72. The number of likely N-dealkylation sites (tertiary alicyclic amines) is 1. The summed E-state index contributed by atoms with van der Waals surface area (Å²) in [5.74, 6) is 0.779. The molecule has 0 bridgehead atoms. The largest absolute Gasteiger partial charge is 0.381 e. The van der Waals surface area contributed by atoms with Crippen LogP contribution in [0.25, 0.3) is 0 Å². The van der Waals surface area contributed by atoms with Crippen molar-refractivity contribution in [2.45, 2.75) is 70.9 Å². The molecule has 2 rings (SSSR count). The standard InChI is InChI=1S/C17H34N2O/c1-4-10-18-16(15-8-13-20-14-9-15)17(3,5-2)19-11-6-7-12-19/h15-16,18H,4-14H2,1-3H3. The maximum Gasteiger partial charge on any atom is 0.0469 e. The smallest absolute Gasteiger partial charge is 0.0469 e. The molecule has 2 heterocycles. The molecular formula is C17H34N2O. The normalized spacial score (nSPS) is 26.6. The van der Waals surface area contributed by atoms with Crippen molar-refractivity contribution < 1.29 is 4.74 Å². The molecule has 3 nitrogen and oxygen atoms in total. The molecule has 2 saturated heterocycles. The van der Waals surface area contributed by atoms with Crippen LogP contribution in [0.15, 0.2) is 0 Å². The Morgan fingerprint density at radius 3 is 2.40 bits per heavy atom. The molecule has 2 atom stereocenters. The fourth-order valence-electron chi connectivity index (χ4n) is 4.11. The van der Waals surface area contributed by atoms with E-state index >= 15 is 0 Å². The highest BCUT2D eigenvalue weighted by Crippen LogP contribution is 2.34. The zero-order chi connectivity index (χ0) is 14.4. The SMILES string of the molecule is CCCNC(C1CCOCC1)C(C)(CC)N1CCCC1. The van der Waals surface area contributed by atoms with Crippen molar-refractivity contribution in [2.75, 3.05) is 32.8 Å². The van der Waals surface area contributed by atoms with Crippen LogP contribution >= 0.6 is 0 Å². The van der Waals surface area contributed by atoms with E-state index in [4.69, 9.17) is 4.74 Å². The lowest BCUT2D eigenvalue weighted by atomic mass is 9.76. The highest BCUT2D eigenvalue weighted by atomic mass is 16.5. The van der Waals surface area contributed by atoms with E-state index in [1.54, 1.807) is 0 Å². The molecule has 0 aliphatic carbocycles. The minimum atomic E-state index is 0.313. The first-order valence-electron chi connectivity index (χ1n) is 8.78. The van der Waals surface area contributed by atoms with Crippen LogP contribution in [0.5, 0.6) is 0 Å². The number of ether oxygens (including phenoxy) is 1. The molecular weight excluding hydrogens is 248 g/mol. The Hall–Kier alpha value is -0.120. The first kappa shape index (κ1) is 16.3. The van der Waals surface area contributed by atoms with Gasteiger partial charge in [-0.2, -0.15) is 0 Å². The number of hydrogen-bond donors (Lipinski definition) is 1. The summed E-state index contributed by atoms with van der Waals surface area (Å²) in [4.78, 5) is 2.76. The van der Waals surface area contributed by atoms with Gasteiger partial charge in [0, 0.05) is 24.8 Å². The second kappa shape index (κ2) is 7.77. The molecule has 2 aliphatic rings. The Kier molecular flexibility index (Phi) is 6.31. The molecule has 3 heteroatoms. The van der Waals surface area contributed by atoms with Crippen LogP contribution in [0.1, 0.15) is 59.3 Å². The molecule has 0 aromatic rings. The van der Waals surface area contributed by atoms with Gasteiger partial charge in [-0.25, -0.2) is 0 Å². The van der Waals surface area contributed by atoms with Crippen molar-refractivity contribution in [3.63, 3.8) is 0 Å². The summed E-state index contributed by atoms with van der Waals surface area (Å²) in [7, 11) is 0. The quantitative estimate of drug-likeness (QED) is 0.777. The van der Waals surface area contributed by atoms with E-state index in [0.29, 0.717) is 11.6 Å². The monoisotopic (exact) mass is 282 g/mol. The lowest BCUT2D eigenvalue weighted by Crippen LogP contribution is -2.62. The van der Waals surface area contributed by atoms with Crippen LogP contribution in [0, 0.1) is 5.92 Å². The van der Waals surface area contributed by atoms with E-state index in [9.17, 15) is 0 Å². The molecule has 118 valence electrons. The predicted molar refractivity (Wildman–Crippen MR) is 85.1 cm³/mol.